The molecule has 8 rings (SSSR count). The minimum atomic E-state index is -4.57. The number of aromatic nitrogens is 4. The van der Waals surface area contributed by atoms with Crippen LogP contribution in [0.2, 0.25) is 10.0 Å². The van der Waals surface area contributed by atoms with Gasteiger partial charge < -0.3 is 37.6 Å². The van der Waals surface area contributed by atoms with E-state index in [2.05, 4.69) is 19.7 Å². The molecule has 0 spiro atoms. The monoisotopic (exact) mass is 973 g/mol. The maximum Gasteiger partial charge on any atom is 0.437 e. The minimum absolute atomic E-state index is 0. The molecule has 0 saturated heterocycles. The van der Waals surface area contributed by atoms with Crippen LogP contribution in [0.15, 0.2) is 82.1 Å². The van der Waals surface area contributed by atoms with Crippen LogP contribution in [0.1, 0.15) is 88.0 Å². The highest BCUT2D eigenvalue weighted by atomic mass is 35.5. The molecule has 0 aliphatic heterocycles. The molecule has 0 bridgehead atoms. The summed E-state index contributed by atoms with van der Waals surface area (Å²) in [5.41, 5.74) is 2.85. The topological polar surface area (TPSA) is 105 Å². The number of fused-ring (bicyclic) bond motifs is 4. The molecule has 4 heterocycles. The van der Waals surface area contributed by atoms with E-state index in [4.69, 9.17) is 48.3 Å². The molecular weight excluding hydrogens is 923 g/mol. The molecule has 10 nitrogen and oxygen atoms in total. The first-order valence-electron chi connectivity index (χ1n) is 20.9. The van der Waals surface area contributed by atoms with Crippen LogP contribution >= 0.6 is 23.2 Å². The highest BCUT2D eigenvalue weighted by Gasteiger charge is 2.39. The van der Waals surface area contributed by atoms with Gasteiger partial charge in [-0.2, -0.15) is 26.3 Å². The molecule has 4 aromatic carbocycles. The van der Waals surface area contributed by atoms with E-state index in [1.54, 1.807) is 18.2 Å². The normalized spacial score (nSPS) is 11.7. The molecule has 0 atom stereocenters. The average Bonchev–Trinajstić information content (AvgIpc) is 4.09. The number of hydrogen-bond donors (Lipinski definition) is 1. The molecule has 4 aromatic heterocycles. The fourth-order valence-corrected chi connectivity index (χ4v) is 8.42. The Labute approximate surface area is 393 Å². The number of rotatable bonds is 16. The second-order valence-electron chi connectivity index (χ2n) is 15.2. The summed E-state index contributed by atoms with van der Waals surface area (Å²) in [6.45, 7) is 13.1. The first-order chi connectivity index (χ1) is 31.2. The SMILES string of the molecule is C.C.CCCc1c(OCCCn2ccc3c(Cl)c(CO)ccc32)ccc2c(C(F)(F)F)noc12.[C-]#[N+]Cc1ccc2c(ccn2CCCOc2ccc3c(C(F)(F)F)noc3c2CCC)c1Cl. The lowest BCUT2D eigenvalue weighted by molar-refractivity contribution is -0.142. The molecule has 0 saturated carbocycles. The van der Waals surface area contributed by atoms with Gasteiger partial charge in [-0.25, -0.2) is 6.57 Å². The third-order valence-corrected chi connectivity index (χ3v) is 11.8. The Morgan fingerprint density at radius 3 is 1.48 bits per heavy atom. The van der Waals surface area contributed by atoms with E-state index < -0.39 is 23.7 Å². The maximum absolute atomic E-state index is 13.2. The molecule has 358 valence electrons. The lowest BCUT2D eigenvalue weighted by atomic mass is 10.0. The number of aliphatic hydroxyl groups excluding tert-OH is 1. The van der Waals surface area contributed by atoms with E-state index in [-0.39, 0.29) is 49.9 Å². The van der Waals surface area contributed by atoms with Crippen LogP contribution in [0, 0.1) is 6.57 Å². The molecule has 8 aromatic rings. The summed E-state index contributed by atoms with van der Waals surface area (Å²) in [4.78, 5) is 3.40. The number of aliphatic hydroxyl groups is 1. The molecular formula is C49H51Cl2F6N5O5. The van der Waals surface area contributed by atoms with Gasteiger partial charge in [0.2, 0.25) is 6.54 Å². The minimum Gasteiger partial charge on any atom is -0.493 e. The maximum atomic E-state index is 13.2. The first-order valence-corrected chi connectivity index (χ1v) is 21.6. The third kappa shape index (κ3) is 11.1. The van der Waals surface area contributed by atoms with E-state index in [1.807, 2.05) is 61.1 Å². The Kier molecular flexibility index (Phi) is 17.3. The highest BCUT2D eigenvalue weighted by Crippen LogP contribution is 2.40. The van der Waals surface area contributed by atoms with Gasteiger partial charge >= 0.3 is 12.4 Å². The number of aryl methyl sites for hydroxylation is 4. The van der Waals surface area contributed by atoms with E-state index in [1.165, 1.54) is 12.1 Å². The molecule has 0 radical (unpaired) electrons. The zero-order valence-electron chi connectivity index (χ0n) is 35.3. The second kappa shape index (κ2) is 22.3. The van der Waals surface area contributed by atoms with E-state index in [9.17, 15) is 31.4 Å². The summed E-state index contributed by atoms with van der Waals surface area (Å²) in [7, 11) is 0. The van der Waals surface area contributed by atoms with Gasteiger partial charge in [-0.3, -0.25) is 0 Å². The van der Waals surface area contributed by atoms with Crippen LogP contribution in [0.5, 0.6) is 11.5 Å². The number of alkyl halides is 6. The van der Waals surface area contributed by atoms with Crippen molar-refractivity contribution in [3.05, 3.63) is 128 Å². The summed E-state index contributed by atoms with van der Waals surface area (Å²) < 4.78 is 105. The predicted octanol–water partition coefficient (Wildman–Crippen LogP) is 14.9. The fraction of sp³-hybridized carbons (Fsp3) is 0.367. The summed E-state index contributed by atoms with van der Waals surface area (Å²) in [6, 6.07) is 17.2. The molecule has 0 fully saturated rings. The van der Waals surface area contributed by atoms with Crippen LogP contribution in [0.4, 0.5) is 26.3 Å². The van der Waals surface area contributed by atoms with Crippen LogP contribution in [-0.4, -0.2) is 37.8 Å². The van der Waals surface area contributed by atoms with Crippen molar-refractivity contribution >= 4 is 66.9 Å². The highest BCUT2D eigenvalue weighted by molar-refractivity contribution is 6.36. The van der Waals surface area contributed by atoms with Crippen molar-refractivity contribution in [2.24, 2.45) is 0 Å². The van der Waals surface area contributed by atoms with E-state index >= 15 is 0 Å². The van der Waals surface area contributed by atoms with E-state index in [0.29, 0.717) is 90.2 Å². The largest absolute Gasteiger partial charge is 0.493 e. The lowest BCUT2D eigenvalue weighted by Crippen LogP contribution is -2.06. The summed E-state index contributed by atoms with van der Waals surface area (Å²) in [5.74, 6) is 1.02. The Balaban J connectivity index is 0.000000244. The van der Waals surface area contributed by atoms with Gasteiger partial charge in [0.25, 0.3) is 0 Å². The van der Waals surface area contributed by atoms with Crippen LogP contribution < -0.4 is 9.47 Å². The van der Waals surface area contributed by atoms with Gasteiger partial charge in [0.1, 0.15) is 11.5 Å². The lowest BCUT2D eigenvalue weighted by Gasteiger charge is -2.12. The Hall–Kier alpha value is -5.89. The van der Waals surface area contributed by atoms with Gasteiger partial charge in [0.05, 0.1) is 40.6 Å². The van der Waals surface area contributed by atoms with Crippen molar-refractivity contribution < 1.29 is 50.0 Å². The molecule has 67 heavy (non-hydrogen) atoms. The third-order valence-electron chi connectivity index (χ3n) is 10.9. The molecule has 0 amide bonds. The van der Waals surface area contributed by atoms with Gasteiger partial charge in [-0.1, -0.05) is 81.1 Å². The van der Waals surface area contributed by atoms with Crippen molar-refractivity contribution in [3.63, 3.8) is 0 Å². The standard InChI is InChI=1S/C24H21ClF3N3O2.C23H22ClF3N2O3.2CH4/c1-3-5-17-20(9-7-18-22(17)33-30-23(18)24(26,27)28)32-13-4-11-31-12-10-16-19(31)8-6-15(14-29-2)21(16)25;1-2-4-16-19(8-6-17-21(16)32-28-22(17)23(25,26)27)31-12-3-10-29-11-9-15-18(29)7-5-14(13-30)20(15)24;;/h6-10,12H,3-5,11,13-14H2,1H3;5-9,11,30H,2-4,10,12-13H2,1H3;2*1H4. The molecule has 18 heteroatoms. The van der Waals surface area contributed by atoms with Crippen LogP contribution in [0.25, 0.3) is 48.6 Å². The summed E-state index contributed by atoms with van der Waals surface area (Å²) in [6.07, 6.45) is -1.42. The molecule has 0 unspecified atom stereocenters. The number of ether oxygens (including phenoxy) is 2. The average molecular weight is 975 g/mol. The number of nitrogens with zero attached hydrogens (tertiary/aromatic N) is 5. The van der Waals surface area contributed by atoms with Gasteiger partial charge in [0, 0.05) is 64.0 Å². The fourth-order valence-electron chi connectivity index (χ4n) is 7.85. The van der Waals surface area contributed by atoms with Crippen molar-refractivity contribution in [2.75, 3.05) is 13.2 Å². The smallest absolute Gasteiger partial charge is 0.437 e. The summed E-state index contributed by atoms with van der Waals surface area (Å²) >= 11 is 12.8. The van der Waals surface area contributed by atoms with Gasteiger partial charge in [0.15, 0.2) is 22.6 Å². The predicted molar refractivity (Wildman–Crippen MR) is 250 cm³/mol. The summed E-state index contributed by atoms with van der Waals surface area (Å²) in [5, 5.41) is 18.7. The Morgan fingerprint density at radius 1 is 0.642 bits per heavy atom. The molecule has 0 aliphatic rings. The first kappa shape index (κ1) is 52.1. The van der Waals surface area contributed by atoms with Crippen molar-refractivity contribution in [1.82, 2.24) is 19.4 Å². The second-order valence-corrected chi connectivity index (χ2v) is 16.0. The van der Waals surface area contributed by atoms with Crippen molar-refractivity contribution in [1.29, 1.82) is 0 Å². The van der Waals surface area contributed by atoms with Gasteiger partial charge in [-0.05, 0) is 85.8 Å². The Morgan fingerprint density at radius 2 is 1.07 bits per heavy atom. The Bertz CT molecular complexity index is 2980. The van der Waals surface area contributed by atoms with E-state index in [0.717, 1.165) is 40.2 Å². The molecule has 1 N–H and O–H groups in total. The van der Waals surface area contributed by atoms with Gasteiger partial charge in [-0.15, -0.1) is 0 Å². The van der Waals surface area contributed by atoms with Crippen LogP contribution in [-0.2, 0) is 51.4 Å². The number of halogens is 8. The molecule has 0 aliphatic carbocycles. The van der Waals surface area contributed by atoms with Crippen LogP contribution in [0.3, 0.4) is 0 Å². The quantitative estimate of drug-likeness (QED) is 0.0584. The van der Waals surface area contributed by atoms with Crippen molar-refractivity contribution in [2.45, 2.75) is 106 Å². The van der Waals surface area contributed by atoms with Crippen molar-refractivity contribution in [3.8, 4) is 11.5 Å². The number of hydrogen-bond acceptors (Lipinski definition) is 7. The zero-order valence-corrected chi connectivity index (χ0v) is 36.8. The number of benzene rings is 4. The zero-order chi connectivity index (χ0) is 46.5.